The van der Waals surface area contributed by atoms with E-state index in [0.717, 1.165) is 19.3 Å². The fourth-order valence-electron chi connectivity index (χ4n) is 1.72. The minimum Gasteiger partial charge on any atom is -0.480 e. The van der Waals surface area contributed by atoms with Crippen LogP contribution in [0.3, 0.4) is 0 Å². The van der Waals surface area contributed by atoms with Crippen molar-refractivity contribution in [3.63, 3.8) is 0 Å². The van der Waals surface area contributed by atoms with Gasteiger partial charge in [-0.3, -0.25) is 4.79 Å². The van der Waals surface area contributed by atoms with Gasteiger partial charge in [-0.25, -0.2) is 0 Å². The second kappa shape index (κ2) is 5.32. The molecule has 1 atom stereocenters. The molecule has 1 fully saturated rings. The van der Waals surface area contributed by atoms with Crippen molar-refractivity contribution in [3.05, 3.63) is 0 Å². The van der Waals surface area contributed by atoms with E-state index in [9.17, 15) is 13.2 Å². The maximum atomic E-state index is 12.0. The highest BCUT2D eigenvalue weighted by atomic mass is 32.2. The molecule has 100 valence electrons. The smallest absolute Gasteiger partial charge is 0.324 e. The summed E-state index contributed by atoms with van der Waals surface area (Å²) in [6.45, 7) is 3.97. The van der Waals surface area contributed by atoms with E-state index in [2.05, 4.69) is 4.72 Å². The Labute approximate surface area is 102 Å². The first kappa shape index (κ1) is 14.4. The van der Waals surface area contributed by atoms with Crippen LogP contribution < -0.4 is 4.72 Å². The fraction of sp³-hybridized carbons (Fsp3) is 0.900. The topological polar surface area (TPSA) is 86.7 Å². The van der Waals surface area contributed by atoms with Crippen molar-refractivity contribution in [2.24, 2.45) is 0 Å². The van der Waals surface area contributed by atoms with Gasteiger partial charge in [0.25, 0.3) is 10.2 Å². The lowest BCUT2D eigenvalue weighted by atomic mass is 10.0. The van der Waals surface area contributed by atoms with Crippen LogP contribution in [0, 0.1) is 0 Å². The molecular weight excluding hydrogens is 244 g/mol. The van der Waals surface area contributed by atoms with Crippen LogP contribution in [0.2, 0.25) is 0 Å². The first-order valence-corrected chi connectivity index (χ1v) is 7.28. The molecule has 0 radical (unpaired) electrons. The van der Waals surface area contributed by atoms with Crippen LogP contribution in [0.15, 0.2) is 0 Å². The van der Waals surface area contributed by atoms with Gasteiger partial charge < -0.3 is 5.11 Å². The van der Waals surface area contributed by atoms with E-state index in [1.165, 1.54) is 11.2 Å². The number of carboxylic acid groups (broad SMARTS) is 1. The number of rotatable bonds is 5. The minimum atomic E-state index is -3.70. The van der Waals surface area contributed by atoms with Gasteiger partial charge in [0.15, 0.2) is 0 Å². The largest absolute Gasteiger partial charge is 0.480 e. The summed E-state index contributed by atoms with van der Waals surface area (Å²) in [4.78, 5) is 11.1. The quantitative estimate of drug-likeness (QED) is 0.759. The van der Waals surface area contributed by atoms with Gasteiger partial charge in [-0.2, -0.15) is 17.4 Å². The number of aliphatic carboxylic acids is 1. The maximum Gasteiger partial charge on any atom is 0.324 e. The third-order valence-corrected chi connectivity index (χ3v) is 4.94. The Kier molecular flexibility index (Phi) is 4.51. The molecule has 17 heavy (non-hydrogen) atoms. The normalized spacial score (nSPS) is 22.0. The van der Waals surface area contributed by atoms with Gasteiger partial charge in [0.05, 0.1) is 0 Å². The molecule has 6 nitrogen and oxygen atoms in total. The summed E-state index contributed by atoms with van der Waals surface area (Å²) >= 11 is 0. The number of hydrogen-bond acceptors (Lipinski definition) is 3. The van der Waals surface area contributed by atoms with Gasteiger partial charge in [-0.05, 0) is 26.2 Å². The van der Waals surface area contributed by atoms with E-state index in [1.54, 1.807) is 6.92 Å². The molecule has 0 aromatic heterocycles. The molecule has 0 bridgehead atoms. The maximum absolute atomic E-state index is 12.0. The first-order chi connectivity index (χ1) is 7.82. The van der Waals surface area contributed by atoms with Crippen molar-refractivity contribution in [1.29, 1.82) is 0 Å². The lowest BCUT2D eigenvalue weighted by Crippen LogP contribution is -2.56. The molecule has 1 aliphatic heterocycles. The van der Waals surface area contributed by atoms with Gasteiger partial charge in [-0.1, -0.05) is 13.3 Å². The Balaban J connectivity index is 2.80. The highest BCUT2D eigenvalue weighted by Crippen LogP contribution is 2.16. The standard InChI is InChI=1S/C10H20N2O4S/c1-3-10(2,9(13)14)11-17(15,16)12-7-5-4-6-8-12/h11H,3-8H2,1-2H3,(H,13,14). The Morgan fingerprint density at radius 3 is 2.29 bits per heavy atom. The molecule has 0 aromatic rings. The number of piperidine rings is 1. The second-order valence-corrected chi connectivity index (χ2v) is 6.23. The molecule has 1 saturated heterocycles. The van der Waals surface area contributed by atoms with E-state index in [4.69, 9.17) is 5.11 Å². The van der Waals surface area contributed by atoms with Gasteiger partial charge in [0.1, 0.15) is 5.54 Å². The zero-order chi connectivity index (χ0) is 13.1. The van der Waals surface area contributed by atoms with Crippen molar-refractivity contribution in [2.75, 3.05) is 13.1 Å². The third kappa shape index (κ3) is 3.40. The Morgan fingerprint density at radius 2 is 1.88 bits per heavy atom. The fourth-order valence-corrected chi connectivity index (χ4v) is 3.39. The molecule has 1 unspecified atom stereocenters. The molecule has 0 aliphatic carbocycles. The molecule has 1 aliphatic rings. The number of carbonyl (C=O) groups is 1. The van der Waals surface area contributed by atoms with Crippen LogP contribution in [0.25, 0.3) is 0 Å². The summed E-state index contributed by atoms with van der Waals surface area (Å²) in [6, 6.07) is 0. The highest BCUT2D eigenvalue weighted by Gasteiger charge is 2.38. The van der Waals surface area contributed by atoms with Gasteiger partial charge >= 0.3 is 5.97 Å². The molecule has 2 N–H and O–H groups in total. The van der Waals surface area contributed by atoms with Gasteiger partial charge in [0.2, 0.25) is 0 Å². The van der Waals surface area contributed by atoms with Crippen molar-refractivity contribution in [3.8, 4) is 0 Å². The molecule has 1 heterocycles. The van der Waals surface area contributed by atoms with Gasteiger partial charge in [-0.15, -0.1) is 0 Å². The first-order valence-electron chi connectivity index (χ1n) is 5.84. The SMILES string of the molecule is CCC(C)(NS(=O)(=O)N1CCCCC1)C(=O)O. The Bertz CT molecular complexity index is 376. The van der Waals surface area contributed by atoms with Crippen molar-refractivity contribution in [1.82, 2.24) is 9.03 Å². The van der Waals surface area contributed by atoms with Crippen LogP contribution in [0.1, 0.15) is 39.5 Å². The average molecular weight is 264 g/mol. The Hall–Kier alpha value is -0.660. The van der Waals surface area contributed by atoms with Crippen LogP contribution in [0.5, 0.6) is 0 Å². The molecule has 7 heteroatoms. The van der Waals surface area contributed by atoms with Crippen LogP contribution in [0.4, 0.5) is 0 Å². The van der Waals surface area contributed by atoms with E-state index in [-0.39, 0.29) is 6.42 Å². The summed E-state index contributed by atoms with van der Waals surface area (Å²) < 4.78 is 27.6. The Morgan fingerprint density at radius 1 is 1.35 bits per heavy atom. The summed E-state index contributed by atoms with van der Waals surface area (Å²) in [5.41, 5.74) is -1.43. The minimum absolute atomic E-state index is 0.204. The lowest BCUT2D eigenvalue weighted by Gasteiger charge is -2.31. The van der Waals surface area contributed by atoms with Crippen molar-refractivity contribution in [2.45, 2.75) is 45.1 Å². The van der Waals surface area contributed by atoms with Crippen molar-refractivity contribution >= 4 is 16.2 Å². The van der Waals surface area contributed by atoms with Crippen LogP contribution in [-0.2, 0) is 15.0 Å². The number of nitrogens with zero attached hydrogens (tertiary/aromatic N) is 1. The average Bonchev–Trinajstić information content (AvgIpc) is 2.29. The van der Waals surface area contributed by atoms with Crippen LogP contribution >= 0.6 is 0 Å². The summed E-state index contributed by atoms with van der Waals surface area (Å²) in [5, 5.41) is 9.05. The predicted octanol–water partition coefficient (Wildman–Crippen LogP) is 0.560. The number of nitrogens with one attached hydrogen (secondary N) is 1. The molecule has 0 saturated carbocycles. The van der Waals surface area contributed by atoms with E-state index in [1.807, 2.05) is 0 Å². The molecule has 1 rings (SSSR count). The third-order valence-electron chi connectivity index (χ3n) is 3.19. The predicted molar refractivity (Wildman–Crippen MR) is 63.8 cm³/mol. The summed E-state index contributed by atoms with van der Waals surface area (Å²) in [5.74, 6) is -1.15. The van der Waals surface area contributed by atoms with Crippen molar-refractivity contribution < 1.29 is 18.3 Å². The highest BCUT2D eigenvalue weighted by molar-refractivity contribution is 7.87. The summed E-state index contributed by atoms with van der Waals surface area (Å²) in [6.07, 6.45) is 2.89. The number of carboxylic acids is 1. The van der Waals surface area contributed by atoms with E-state index >= 15 is 0 Å². The zero-order valence-electron chi connectivity index (χ0n) is 10.3. The van der Waals surface area contributed by atoms with Gasteiger partial charge in [0, 0.05) is 13.1 Å². The monoisotopic (exact) mass is 264 g/mol. The lowest BCUT2D eigenvalue weighted by molar-refractivity contribution is -0.143. The van der Waals surface area contributed by atoms with Crippen LogP contribution in [-0.4, -0.2) is 42.4 Å². The molecular formula is C10H20N2O4S. The zero-order valence-corrected chi connectivity index (χ0v) is 11.1. The van der Waals surface area contributed by atoms with E-state index in [0.29, 0.717) is 13.1 Å². The molecule has 0 amide bonds. The number of hydrogen-bond donors (Lipinski definition) is 2. The molecule has 0 spiro atoms. The second-order valence-electron chi connectivity index (χ2n) is 4.56. The molecule has 0 aromatic carbocycles. The summed E-state index contributed by atoms with van der Waals surface area (Å²) in [7, 11) is -3.70. The van der Waals surface area contributed by atoms with E-state index < -0.39 is 21.7 Å².